The second-order valence-electron chi connectivity index (χ2n) is 1.49. The van der Waals surface area contributed by atoms with Gasteiger partial charge in [-0.25, -0.2) is 4.98 Å². The monoisotopic (exact) mass is 177 g/mol. The summed E-state index contributed by atoms with van der Waals surface area (Å²) in [6, 6.07) is 5.86. The predicted molar refractivity (Wildman–Crippen MR) is 34.6 cm³/mol. The Morgan fingerprint density at radius 3 is 1.55 bits per heavy atom. The minimum atomic E-state index is -5.17. The molecule has 0 aliphatic carbocycles. The van der Waals surface area contributed by atoms with Crippen LogP contribution in [0.4, 0.5) is 0 Å². The van der Waals surface area contributed by atoms with Gasteiger partial charge in [0.25, 0.3) is 0 Å². The van der Waals surface area contributed by atoms with Gasteiger partial charge in [-0.2, -0.15) is 0 Å². The molecule has 62 valence electrons. The minimum absolute atomic E-state index is 0. The average molecular weight is 177 g/mol. The summed E-state index contributed by atoms with van der Waals surface area (Å²) in [7, 11) is -5.17. The van der Waals surface area contributed by atoms with Gasteiger partial charge in [-0.1, -0.05) is 6.07 Å². The summed E-state index contributed by atoms with van der Waals surface area (Å²) in [6.07, 6.45) is 3.75. The first kappa shape index (κ1) is 10.0. The van der Waals surface area contributed by atoms with Crippen molar-refractivity contribution < 1.29 is 23.9 Å². The van der Waals surface area contributed by atoms with Crippen molar-refractivity contribution in [2.45, 2.75) is 0 Å². The lowest BCUT2D eigenvalue weighted by Crippen LogP contribution is -1.93. The molecule has 0 saturated heterocycles. The first-order chi connectivity index (χ1) is 5.00. The van der Waals surface area contributed by atoms with E-state index in [9.17, 15) is 0 Å². The summed E-state index contributed by atoms with van der Waals surface area (Å²) in [5, 5.41) is 0. The number of H-pyrrole nitrogens is 1. The fourth-order valence-electron chi connectivity index (χ4n) is 0.342. The molecule has 0 spiro atoms. The number of rotatable bonds is 0. The van der Waals surface area contributed by atoms with Gasteiger partial charge < -0.3 is 9.11 Å². The first-order valence-corrected chi connectivity index (χ1v) is 3.91. The number of pyridine rings is 1. The van der Waals surface area contributed by atoms with E-state index in [2.05, 4.69) is 4.98 Å². The van der Waals surface area contributed by atoms with Gasteiger partial charge in [0.15, 0.2) is 12.4 Å². The summed E-state index contributed by atoms with van der Waals surface area (Å²) in [4.78, 5) is 2.89. The van der Waals surface area contributed by atoms with Gasteiger partial charge in [-0.05, 0) is 0 Å². The van der Waals surface area contributed by atoms with Crippen LogP contribution in [0, 0.1) is 0 Å². The molecule has 0 radical (unpaired) electrons. The van der Waals surface area contributed by atoms with Crippen LogP contribution in [0.1, 0.15) is 1.43 Å². The fraction of sp³-hybridized carbons (Fsp3) is 0. The molecule has 0 aliphatic heterocycles. The lowest BCUT2D eigenvalue weighted by molar-refractivity contribution is -0.377. The smallest absolute Gasteiger partial charge is 0.759 e. The number of aromatic nitrogens is 1. The van der Waals surface area contributed by atoms with Crippen molar-refractivity contribution in [2.75, 3.05) is 0 Å². The summed E-state index contributed by atoms with van der Waals surface area (Å²) in [6.45, 7) is 0. The van der Waals surface area contributed by atoms with Crippen LogP contribution in [0.2, 0.25) is 0 Å². The van der Waals surface area contributed by atoms with Crippen molar-refractivity contribution in [1.82, 2.24) is 0 Å². The molecule has 1 heterocycles. The molecule has 1 rings (SSSR count). The Balaban J connectivity index is 0. The van der Waals surface area contributed by atoms with Gasteiger partial charge in [-0.3, -0.25) is 8.42 Å². The van der Waals surface area contributed by atoms with E-state index in [-0.39, 0.29) is 1.43 Å². The topological polar surface area (TPSA) is 94.4 Å². The molecule has 0 bridgehead atoms. The molecule has 1 aromatic heterocycles. The SMILES string of the molecule is O=S(=O)([O-])[O-].[H+].c1cc[nH+]cc1. The van der Waals surface area contributed by atoms with Crippen LogP contribution < -0.4 is 4.98 Å². The van der Waals surface area contributed by atoms with Crippen molar-refractivity contribution in [1.29, 1.82) is 0 Å². The highest BCUT2D eigenvalue weighted by molar-refractivity contribution is 7.79. The van der Waals surface area contributed by atoms with Crippen molar-refractivity contribution >= 4 is 10.4 Å². The highest BCUT2D eigenvalue weighted by Gasteiger charge is 1.65. The van der Waals surface area contributed by atoms with Crippen molar-refractivity contribution in [3.05, 3.63) is 30.6 Å². The Labute approximate surface area is 65.8 Å². The van der Waals surface area contributed by atoms with Crippen LogP contribution in [0.3, 0.4) is 0 Å². The van der Waals surface area contributed by atoms with E-state index in [1.165, 1.54) is 0 Å². The van der Waals surface area contributed by atoms with Crippen LogP contribution in [-0.2, 0) is 10.4 Å². The second kappa shape index (κ2) is 4.78. The van der Waals surface area contributed by atoms with E-state index in [0.29, 0.717) is 0 Å². The van der Waals surface area contributed by atoms with E-state index in [1.807, 2.05) is 30.6 Å². The van der Waals surface area contributed by atoms with E-state index >= 15 is 0 Å². The third-order valence-corrected chi connectivity index (χ3v) is 0.607. The quantitative estimate of drug-likeness (QED) is 0.385. The van der Waals surface area contributed by atoms with Crippen LogP contribution in [0.15, 0.2) is 30.6 Å². The number of hydrogen-bond acceptors (Lipinski definition) is 4. The molecule has 11 heavy (non-hydrogen) atoms. The number of hydrogen-bond donors (Lipinski definition) is 0. The van der Waals surface area contributed by atoms with Crippen molar-refractivity contribution in [3.8, 4) is 0 Å². The first-order valence-electron chi connectivity index (χ1n) is 2.58. The maximum absolute atomic E-state index is 8.52. The molecule has 0 aromatic carbocycles. The summed E-state index contributed by atoms with van der Waals surface area (Å²) < 4.78 is 34.1. The Hall–Kier alpha value is -0.980. The predicted octanol–water partition coefficient (Wildman–Crippen LogP) is -0.725. The summed E-state index contributed by atoms with van der Waals surface area (Å²) >= 11 is 0. The summed E-state index contributed by atoms with van der Waals surface area (Å²) in [5.74, 6) is 0. The van der Waals surface area contributed by atoms with Gasteiger partial charge in [0, 0.05) is 22.5 Å². The Kier molecular flexibility index (Phi) is 4.35. The highest BCUT2D eigenvalue weighted by Crippen LogP contribution is 1.68. The Morgan fingerprint density at radius 2 is 1.45 bits per heavy atom. The Bertz CT molecular complexity index is 240. The molecule has 1 N–H and O–H groups in total. The third kappa shape index (κ3) is 17.6. The molecule has 0 atom stereocenters. The second-order valence-corrected chi connectivity index (χ2v) is 2.30. The lowest BCUT2D eigenvalue weighted by Gasteiger charge is -2.06. The maximum Gasteiger partial charge on any atom is 1.00 e. The number of aromatic amines is 1. The Morgan fingerprint density at radius 1 is 1.09 bits per heavy atom. The summed E-state index contributed by atoms with van der Waals surface area (Å²) in [5.41, 5.74) is 0. The molecule has 6 heteroatoms. The standard InChI is InChI=1S/C5H5N.H2O4S/c1-2-4-6-5-3-1;1-5(2,3)4/h1-5H;(H2,1,2,3,4). The zero-order valence-electron chi connectivity index (χ0n) is 6.43. The average Bonchev–Trinajstić information content (AvgIpc) is 1.88. The van der Waals surface area contributed by atoms with E-state index in [4.69, 9.17) is 17.5 Å². The fourth-order valence-corrected chi connectivity index (χ4v) is 0.342. The normalized spacial score (nSPS) is 9.64. The lowest BCUT2D eigenvalue weighted by atomic mass is 10.5. The molecule has 0 fully saturated rings. The highest BCUT2D eigenvalue weighted by atomic mass is 32.3. The molecule has 5 nitrogen and oxygen atoms in total. The molecular formula is C5H7NO4S. The van der Waals surface area contributed by atoms with E-state index in [1.54, 1.807) is 0 Å². The molecule has 0 amide bonds. The van der Waals surface area contributed by atoms with Gasteiger partial charge in [0.2, 0.25) is 0 Å². The zero-order valence-corrected chi connectivity index (χ0v) is 6.24. The van der Waals surface area contributed by atoms with Crippen LogP contribution in [-0.4, -0.2) is 17.5 Å². The van der Waals surface area contributed by atoms with Crippen molar-refractivity contribution in [3.63, 3.8) is 0 Å². The third-order valence-electron chi connectivity index (χ3n) is 0.607. The van der Waals surface area contributed by atoms with Gasteiger partial charge in [0.1, 0.15) is 0 Å². The number of nitrogens with one attached hydrogen (secondary N) is 1. The van der Waals surface area contributed by atoms with Gasteiger partial charge in [0.05, 0.1) is 0 Å². The van der Waals surface area contributed by atoms with E-state index < -0.39 is 10.4 Å². The molecular weight excluding hydrogens is 170 g/mol. The molecule has 0 aliphatic rings. The largest absolute Gasteiger partial charge is 1.00 e. The zero-order chi connectivity index (χ0) is 8.74. The van der Waals surface area contributed by atoms with Crippen LogP contribution >= 0.6 is 0 Å². The molecule has 0 saturated carbocycles. The van der Waals surface area contributed by atoms with E-state index in [0.717, 1.165) is 0 Å². The maximum atomic E-state index is 8.52. The van der Waals surface area contributed by atoms with Crippen LogP contribution in [0.5, 0.6) is 0 Å². The molecule has 0 unspecified atom stereocenters. The van der Waals surface area contributed by atoms with Crippen molar-refractivity contribution in [2.24, 2.45) is 0 Å². The molecule has 1 aromatic rings. The minimum Gasteiger partial charge on any atom is -0.759 e. The van der Waals surface area contributed by atoms with Gasteiger partial charge in [-0.15, -0.1) is 0 Å². The van der Waals surface area contributed by atoms with Crippen LogP contribution in [0.25, 0.3) is 0 Å². The van der Waals surface area contributed by atoms with Gasteiger partial charge >= 0.3 is 1.43 Å².